The molecule has 61 heavy (non-hydrogen) atoms. The predicted octanol–water partition coefficient (Wildman–Crippen LogP) is 11.2. The molecule has 344 valence electrons. The van der Waals surface area contributed by atoms with Crippen LogP contribution in [0.15, 0.2) is 122 Å². The minimum atomic E-state index is -4.67. The summed E-state index contributed by atoms with van der Waals surface area (Å²) in [7, 11) is 1.05. The number of phosphoric ester groups is 1. The Morgan fingerprint density at radius 2 is 1.00 bits per heavy atom. The van der Waals surface area contributed by atoms with Gasteiger partial charge >= 0.3 is 11.9 Å². The van der Waals surface area contributed by atoms with Crippen molar-refractivity contribution >= 4 is 19.8 Å². The maximum Gasteiger partial charge on any atom is 0.306 e. The second kappa shape index (κ2) is 41.7. The normalized spacial score (nSPS) is 14.7. The maximum absolute atomic E-state index is 12.7. The van der Waals surface area contributed by atoms with Crippen LogP contribution in [-0.4, -0.2) is 81.7 Å². The summed E-state index contributed by atoms with van der Waals surface area (Å²) in [6.45, 7) is 1.92. The van der Waals surface area contributed by atoms with Crippen molar-refractivity contribution in [2.45, 2.75) is 129 Å². The highest BCUT2D eigenvalue weighted by atomic mass is 31.2. The van der Waals surface area contributed by atoms with Crippen LogP contribution in [0, 0.1) is 0 Å². The number of aliphatic hydroxyl groups is 1. The molecule has 0 spiro atoms. The van der Waals surface area contributed by atoms with E-state index in [1.165, 1.54) is 0 Å². The molecule has 1 unspecified atom stereocenters. The number of carbonyl (C=O) groups excluding carboxylic acids is 2. The molecule has 0 aliphatic heterocycles. The Labute approximate surface area is 370 Å². The lowest BCUT2D eigenvalue weighted by atomic mass is 10.2. The fraction of sp³-hybridized carbons (Fsp3) is 0.560. The number of hydrogen-bond acceptors (Lipinski definition) is 9. The summed E-state index contributed by atoms with van der Waals surface area (Å²) in [5.74, 6) is -1.03. The SMILES string of the molecule is CC/C=C\C/C=C\C/C=C\C/C=C\C/C=C\C/C=C\CCC(=O)O[C@H](COC(=O)CCC/C=C\C/C=C\C/C=C\C/C=C\CCCCCO)COP(=O)([O-])OCC[N+](C)(C)C. The highest BCUT2D eigenvalue weighted by molar-refractivity contribution is 7.45. The van der Waals surface area contributed by atoms with E-state index in [2.05, 4.69) is 110 Å². The lowest BCUT2D eigenvalue weighted by Gasteiger charge is -2.28. The molecule has 0 aliphatic rings. The monoisotopic (exact) mass is 870 g/mol. The van der Waals surface area contributed by atoms with E-state index in [9.17, 15) is 19.0 Å². The third kappa shape index (κ3) is 45.7. The van der Waals surface area contributed by atoms with Crippen molar-refractivity contribution in [3.05, 3.63) is 122 Å². The summed E-state index contributed by atoms with van der Waals surface area (Å²) in [6, 6.07) is 0. The van der Waals surface area contributed by atoms with Crippen molar-refractivity contribution in [1.29, 1.82) is 0 Å². The first-order valence-electron chi connectivity index (χ1n) is 22.4. The van der Waals surface area contributed by atoms with Gasteiger partial charge in [0.1, 0.15) is 19.8 Å². The van der Waals surface area contributed by atoms with Crippen LogP contribution in [0.25, 0.3) is 0 Å². The predicted molar refractivity (Wildman–Crippen MR) is 251 cm³/mol. The zero-order valence-electron chi connectivity index (χ0n) is 38.0. The molecule has 0 aromatic rings. The summed E-state index contributed by atoms with van der Waals surface area (Å²) >= 11 is 0. The van der Waals surface area contributed by atoms with Crippen molar-refractivity contribution in [2.24, 2.45) is 0 Å². The topological polar surface area (TPSA) is 131 Å². The van der Waals surface area contributed by atoms with Crippen LogP contribution in [0.1, 0.15) is 122 Å². The molecule has 1 N–H and O–H groups in total. The fourth-order valence-electron chi connectivity index (χ4n) is 5.06. The highest BCUT2D eigenvalue weighted by Crippen LogP contribution is 2.38. The van der Waals surface area contributed by atoms with Gasteiger partial charge in [-0.15, -0.1) is 0 Å². The molecule has 11 heteroatoms. The Hall–Kier alpha value is -3.63. The number of unbranched alkanes of at least 4 members (excludes halogenated alkanes) is 4. The summed E-state index contributed by atoms with van der Waals surface area (Å²) in [5.41, 5.74) is 0. The van der Waals surface area contributed by atoms with Gasteiger partial charge in [-0.2, -0.15) is 0 Å². The molecule has 0 heterocycles. The lowest BCUT2D eigenvalue weighted by molar-refractivity contribution is -0.870. The number of ether oxygens (including phenoxy) is 2. The molecule has 10 nitrogen and oxygen atoms in total. The molecule has 0 rings (SSSR count). The van der Waals surface area contributed by atoms with Crippen LogP contribution in [-0.2, 0) is 32.7 Å². The standard InChI is InChI=1S/C50H80NO9P/c1-5-6-7-8-9-10-11-12-13-14-15-17-21-24-27-30-33-36-39-42-50(54)60-48(47-59-61(55,56)58-45-43-51(2,3)4)46-57-49(53)41-38-35-32-29-26-23-20-18-16-19-22-25-28-31-34-37-40-44-52/h6-7,9-10,12-13,15-17,19-20,23-25,27-29,32-33,36,48,52H,5,8,11,14,18,21-22,26,30-31,34-35,37-47H2,1-4H3/b7-6-,10-9-,13-12-,17-15-,19-16-,23-20-,27-24-,28-25-,32-29-,36-33-/t48-/m1/s1. The molecule has 0 saturated carbocycles. The first-order chi connectivity index (χ1) is 29.5. The van der Waals surface area contributed by atoms with Crippen molar-refractivity contribution in [3.63, 3.8) is 0 Å². The highest BCUT2D eigenvalue weighted by Gasteiger charge is 2.21. The van der Waals surface area contributed by atoms with Gasteiger partial charge in [0.15, 0.2) is 6.10 Å². The first kappa shape index (κ1) is 57.4. The smallest absolute Gasteiger partial charge is 0.306 e. The number of hydrogen-bond donors (Lipinski definition) is 1. The Balaban J connectivity index is 4.59. The first-order valence-corrected chi connectivity index (χ1v) is 23.8. The third-order valence-electron chi connectivity index (χ3n) is 8.53. The van der Waals surface area contributed by atoms with E-state index in [1.807, 2.05) is 39.4 Å². The van der Waals surface area contributed by atoms with Crippen molar-refractivity contribution in [2.75, 3.05) is 54.1 Å². The van der Waals surface area contributed by atoms with Gasteiger partial charge in [0, 0.05) is 19.4 Å². The summed E-state index contributed by atoms with van der Waals surface area (Å²) in [5, 5.41) is 8.80. The average Bonchev–Trinajstić information content (AvgIpc) is 3.21. The lowest BCUT2D eigenvalue weighted by Crippen LogP contribution is -2.37. The van der Waals surface area contributed by atoms with Gasteiger partial charge in [0.2, 0.25) is 0 Å². The number of carbonyl (C=O) groups is 2. The number of nitrogens with zero attached hydrogens (tertiary/aromatic N) is 1. The Morgan fingerprint density at radius 3 is 1.46 bits per heavy atom. The van der Waals surface area contributed by atoms with E-state index >= 15 is 0 Å². The third-order valence-corrected chi connectivity index (χ3v) is 9.50. The Morgan fingerprint density at radius 1 is 0.557 bits per heavy atom. The van der Waals surface area contributed by atoms with Gasteiger partial charge in [-0.1, -0.05) is 135 Å². The van der Waals surface area contributed by atoms with Gasteiger partial charge in [-0.25, -0.2) is 0 Å². The van der Waals surface area contributed by atoms with E-state index in [-0.39, 0.29) is 32.7 Å². The summed E-state index contributed by atoms with van der Waals surface area (Å²) in [4.78, 5) is 37.5. The van der Waals surface area contributed by atoms with Crippen LogP contribution in [0.5, 0.6) is 0 Å². The van der Waals surface area contributed by atoms with Gasteiger partial charge in [-0.05, 0) is 96.3 Å². The van der Waals surface area contributed by atoms with Crippen LogP contribution in [0.4, 0.5) is 0 Å². The van der Waals surface area contributed by atoms with Crippen LogP contribution < -0.4 is 4.89 Å². The van der Waals surface area contributed by atoms with E-state index in [0.29, 0.717) is 30.3 Å². The quantitative estimate of drug-likeness (QED) is 0.0211. The Bertz CT molecular complexity index is 1450. The van der Waals surface area contributed by atoms with Crippen molar-refractivity contribution in [1.82, 2.24) is 0 Å². The zero-order chi connectivity index (χ0) is 45.0. The number of likely N-dealkylation sites (N-methyl/N-ethyl adjacent to an activating group) is 1. The summed E-state index contributed by atoms with van der Waals surface area (Å²) < 4.78 is 33.7. The molecular formula is C50H80NO9P. The molecule has 0 fully saturated rings. The second-order valence-electron chi connectivity index (χ2n) is 15.4. The summed E-state index contributed by atoms with van der Waals surface area (Å²) in [6.07, 6.45) is 55.5. The van der Waals surface area contributed by atoms with Crippen LogP contribution in [0.2, 0.25) is 0 Å². The molecule has 0 radical (unpaired) electrons. The van der Waals surface area contributed by atoms with Crippen molar-refractivity contribution < 1.29 is 47.2 Å². The van der Waals surface area contributed by atoms with Gasteiger partial charge < -0.3 is 33.0 Å². The average molecular weight is 870 g/mol. The molecule has 0 aliphatic carbocycles. The minimum Gasteiger partial charge on any atom is -0.756 e. The van der Waals surface area contributed by atoms with Gasteiger partial charge in [0.25, 0.3) is 7.82 Å². The number of allylic oxidation sites excluding steroid dienone is 20. The number of rotatable bonds is 39. The van der Waals surface area contributed by atoms with Crippen LogP contribution >= 0.6 is 7.82 Å². The van der Waals surface area contributed by atoms with E-state index in [4.69, 9.17) is 23.6 Å². The largest absolute Gasteiger partial charge is 0.756 e. The van der Waals surface area contributed by atoms with Gasteiger partial charge in [-0.3, -0.25) is 14.2 Å². The number of phosphoric acid groups is 1. The maximum atomic E-state index is 12.7. The number of esters is 2. The zero-order valence-corrected chi connectivity index (χ0v) is 38.9. The van der Waals surface area contributed by atoms with Crippen LogP contribution in [0.3, 0.4) is 0 Å². The molecule has 2 atom stereocenters. The van der Waals surface area contributed by atoms with E-state index in [0.717, 1.165) is 83.5 Å². The second-order valence-corrected chi connectivity index (χ2v) is 16.8. The molecule has 0 saturated heterocycles. The molecular weight excluding hydrogens is 790 g/mol. The fourth-order valence-corrected chi connectivity index (χ4v) is 5.79. The number of aliphatic hydroxyl groups excluding tert-OH is 1. The molecule has 0 aromatic heterocycles. The number of quaternary nitrogens is 1. The Kier molecular flexibility index (Phi) is 39.2. The van der Waals surface area contributed by atoms with E-state index < -0.39 is 32.5 Å². The van der Waals surface area contributed by atoms with E-state index in [1.54, 1.807) is 0 Å². The minimum absolute atomic E-state index is 0.0651. The molecule has 0 bridgehead atoms. The molecule has 0 amide bonds. The molecule has 0 aromatic carbocycles. The van der Waals surface area contributed by atoms with Crippen molar-refractivity contribution in [3.8, 4) is 0 Å². The van der Waals surface area contributed by atoms with Gasteiger partial charge in [0.05, 0.1) is 27.7 Å².